The molecule has 112 valence electrons. The van der Waals surface area contributed by atoms with Crippen molar-refractivity contribution in [1.29, 1.82) is 0 Å². The number of hydrogen-bond acceptors (Lipinski definition) is 0. The van der Waals surface area contributed by atoms with E-state index < -0.39 is 0 Å². The van der Waals surface area contributed by atoms with Crippen molar-refractivity contribution in [2.24, 2.45) is 0 Å². The fourth-order valence-electron chi connectivity index (χ4n) is 3.23. The smallest absolute Gasteiger partial charge is 0.00854 e. The Morgan fingerprint density at radius 3 is 2.14 bits per heavy atom. The van der Waals surface area contributed by atoms with Gasteiger partial charge in [-0.15, -0.1) is 0 Å². The van der Waals surface area contributed by atoms with Crippen LogP contribution in [0.25, 0.3) is 12.2 Å². The van der Waals surface area contributed by atoms with E-state index in [1.807, 2.05) is 0 Å². The normalized spacial score (nSPS) is 13.6. The fraction of sp³-hybridized carbons (Fsp3) is 0.273. The second kappa shape index (κ2) is 5.96. The first kappa shape index (κ1) is 14.8. The lowest BCUT2D eigenvalue weighted by atomic mass is 10.00. The second-order valence-corrected chi connectivity index (χ2v) is 6.44. The number of hydrogen-bond donors (Lipinski definition) is 0. The highest BCUT2D eigenvalue weighted by molar-refractivity contribution is 5.65. The quantitative estimate of drug-likeness (QED) is 0.579. The third kappa shape index (κ3) is 2.78. The molecule has 4 rings (SSSR count). The van der Waals surface area contributed by atoms with Gasteiger partial charge in [0.1, 0.15) is 0 Å². The van der Waals surface area contributed by atoms with Gasteiger partial charge in [-0.25, -0.2) is 0 Å². The van der Waals surface area contributed by atoms with Crippen LogP contribution in [-0.2, 0) is 12.8 Å². The van der Waals surface area contributed by atoms with Crippen LogP contribution in [0.1, 0.15) is 44.5 Å². The molecule has 2 aliphatic carbocycles. The summed E-state index contributed by atoms with van der Waals surface area (Å²) in [6.45, 7) is 8.70. The topological polar surface area (TPSA) is 0 Å². The second-order valence-electron chi connectivity index (χ2n) is 6.44. The van der Waals surface area contributed by atoms with Gasteiger partial charge in [0.05, 0.1) is 0 Å². The van der Waals surface area contributed by atoms with Gasteiger partial charge in [0.15, 0.2) is 0 Å². The molecule has 0 atom stereocenters. The van der Waals surface area contributed by atoms with E-state index in [9.17, 15) is 0 Å². The first-order valence-corrected chi connectivity index (χ1v) is 8.08. The van der Waals surface area contributed by atoms with Crippen LogP contribution < -0.4 is 0 Å². The van der Waals surface area contributed by atoms with Gasteiger partial charge in [-0.05, 0) is 85.0 Å². The van der Waals surface area contributed by atoms with E-state index >= 15 is 0 Å². The van der Waals surface area contributed by atoms with Gasteiger partial charge in [0.2, 0.25) is 0 Å². The van der Waals surface area contributed by atoms with E-state index in [1.165, 1.54) is 44.5 Å². The summed E-state index contributed by atoms with van der Waals surface area (Å²) in [6, 6.07) is 8.98. The van der Waals surface area contributed by atoms with Crippen molar-refractivity contribution in [3.63, 3.8) is 0 Å². The maximum absolute atomic E-state index is 2.30. The molecule has 0 fully saturated rings. The van der Waals surface area contributed by atoms with Crippen molar-refractivity contribution in [2.45, 2.75) is 40.5 Å². The Labute approximate surface area is 134 Å². The highest BCUT2D eigenvalue weighted by Crippen LogP contribution is 2.25. The van der Waals surface area contributed by atoms with Crippen molar-refractivity contribution in [3.8, 4) is 0 Å². The average molecular weight is 288 g/mol. The molecule has 22 heavy (non-hydrogen) atoms. The Morgan fingerprint density at radius 2 is 1.36 bits per heavy atom. The monoisotopic (exact) mass is 288 g/mol. The lowest BCUT2D eigenvalue weighted by Gasteiger charge is -2.05. The zero-order chi connectivity index (χ0) is 15.7. The van der Waals surface area contributed by atoms with E-state index in [0.29, 0.717) is 0 Å². The Balaban J connectivity index is 0.000000131. The molecule has 0 heteroatoms. The summed E-state index contributed by atoms with van der Waals surface area (Å²) in [4.78, 5) is 0. The van der Waals surface area contributed by atoms with Crippen LogP contribution in [0.15, 0.2) is 36.4 Å². The molecule has 0 aromatic heterocycles. The fourth-order valence-corrected chi connectivity index (χ4v) is 3.23. The minimum absolute atomic E-state index is 1.12. The minimum Gasteiger partial charge on any atom is -0.0795 e. The van der Waals surface area contributed by atoms with Crippen LogP contribution in [0, 0.1) is 27.7 Å². The predicted molar refractivity (Wildman–Crippen MR) is 97.3 cm³/mol. The molecule has 0 N–H and O–H groups in total. The van der Waals surface area contributed by atoms with Crippen LogP contribution in [0.4, 0.5) is 0 Å². The molecule has 0 radical (unpaired) electrons. The molecular weight excluding hydrogens is 264 g/mol. The molecule has 0 nitrogen and oxygen atoms in total. The summed E-state index contributed by atoms with van der Waals surface area (Å²) < 4.78 is 0. The molecule has 2 aromatic rings. The van der Waals surface area contributed by atoms with Gasteiger partial charge in [-0.2, -0.15) is 0 Å². The lowest BCUT2D eigenvalue weighted by molar-refractivity contribution is 1.22. The van der Waals surface area contributed by atoms with E-state index in [1.54, 1.807) is 0 Å². The molecular formula is C22H24. The molecule has 0 spiro atoms. The van der Waals surface area contributed by atoms with E-state index in [4.69, 9.17) is 0 Å². The predicted octanol–water partition coefficient (Wildman–Crippen LogP) is 5.75. The number of fused-ring (bicyclic) bond motifs is 2. The number of benzene rings is 2. The third-order valence-corrected chi connectivity index (χ3v) is 4.81. The maximum atomic E-state index is 2.30. The van der Waals surface area contributed by atoms with Gasteiger partial charge >= 0.3 is 0 Å². The Kier molecular flexibility index (Phi) is 4.02. The molecule has 0 amide bonds. The van der Waals surface area contributed by atoms with Crippen molar-refractivity contribution < 1.29 is 0 Å². The maximum Gasteiger partial charge on any atom is -0.00854 e. The summed E-state index contributed by atoms with van der Waals surface area (Å²) >= 11 is 0. The van der Waals surface area contributed by atoms with E-state index in [2.05, 4.69) is 76.3 Å². The molecule has 0 heterocycles. The van der Waals surface area contributed by atoms with Crippen molar-refractivity contribution in [3.05, 3.63) is 80.9 Å². The molecule has 2 aromatic carbocycles. The lowest BCUT2D eigenvalue weighted by Crippen LogP contribution is -1.89. The van der Waals surface area contributed by atoms with E-state index in [0.717, 1.165) is 12.8 Å². The molecule has 0 saturated heterocycles. The number of allylic oxidation sites excluding steroid dienone is 2. The third-order valence-electron chi connectivity index (χ3n) is 4.81. The Hall–Kier alpha value is -2.08. The Morgan fingerprint density at radius 1 is 0.682 bits per heavy atom. The molecule has 2 aliphatic rings. The summed E-state index contributed by atoms with van der Waals surface area (Å²) in [5, 5.41) is 0. The van der Waals surface area contributed by atoms with Crippen molar-refractivity contribution in [1.82, 2.24) is 0 Å². The first-order chi connectivity index (χ1) is 10.6. The van der Waals surface area contributed by atoms with Gasteiger partial charge in [0.25, 0.3) is 0 Å². The standard InChI is InChI=1S/2C11H12/c1-8-6-10-4-3-5-11(10)7-9(8)2;1-8-6-7-9(2)11-5-3-4-10(8)11/h2*3-4,6-7H,5H2,1-2H3. The van der Waals surface area contributed by atoms with Gasteiger partial charge < -0.3 is 0 Å². The van der Waals surface area contributed by atoms with Crippen LogP contribution in [-0.4, -0.2) is 0 Å². The minimum atomic E-state index is 1.12. The van der Waals surface area contributed by atoms with Crippen LogP contribution in [0.3, 0.4) is 0 Å². The van der Waals surface area contributed by atoms with Crippen LogP contribution in [0.5, 0.6) is 0 Å². The zero-order valence-electron chi connectivity index (χ0n) is 14.0. The number of rotatable bonds is 0. The average Bonchev–Trinajstić information content (AvgIpc) is 3.14. The molecule has 0 bridgehead atoms. The van der Waals surface area contributed by atoms with Gasteiger partial charge in [-0.3, -0.25) is 0 Å². The highest BCUT2D eigenvalue weighted by Gasteiger charge is 2.09. The highest BCUT2D eigenvalue weighted by atomic mass is 14.1. The van der Waals surface area contributed by atoms with Crippen LogP contribution >= 0.6 is 0 Å². The summed E-state index contributed by atoms with van der Waals surface area (Å²) in [7, 11) is 0. The summed E-state index contributed by atoms with van der Waals surface area (Å²) in [5.41, 5.74) is 11.5. The van der Waals surface area contributed by atoms with Crippen LogP contribution in [0.2, 0.25) is 0 Å². The molecule has 0 unspecified atom stereocenters. The van der Waals surface area contributed by atoms with E-state index in [-0.39, 0.29) is 0 Å². The SMILES string of the molecule is Cc1cc2c(cc1C)CC=C2.Cc1ccc(C)c2c1C=CC2. The Bertz CT molecular complexity index is 773. The van der Waals surface area contributed by atoms with Gasteiger partial charge in [-0.1, -0.05) is 48.6 Å². The number of aryl methyl sites for hydroxylation is 4. The summed E-state index contributed by atoms with van der Waals surface area (Å²) in [5.74, 6) is 0. The van der Waals surface area contributed by atoms with Crippen molar-refractivity contribution >= 4 is 12.2 Å². The summed E-state index contributed by atoms with van der Waals surface area (Å²) in [6.07, 6.45) is 11.2. The zero-order valence-corrected chi connectivity index (χ0v) is 14.0. The van der Waals surface area contributed by atoms with Crippen molar-refractivity contribution in [2.75, 3.05) is 0 Å². The first-order valence-electron chi connectivity index (χ1n) is 8.08. The molecule has 0 saturated carbocycles. The molecule has 0 aliphatic heterocycles. The largest absolute Gasteiger partial charge is 0.0795 e. The van der Waals surface area contributed by atoms with Gasteiger partial charge in [0, 0.05) is 0 Å².